The van der Waals surface area contributed by atoms with Crippen molar-refractivity contribution >= 4 is 17.4 Å². The molecule has 21 heavy (non-hydrogen) atoms. The predicted molar refractivity (Wildman–Crippen MR) is 82.0 cm³/mol. The van der Waals surface area contributed by atoms with Crippen LogP contribution in [0.15, 0.2) is 36.5 Å². The molecule has 6 nitrogen and oxygen atoms in total. The first kappa shape index (κ1) is 14.5. The Morgan fingerprint density at radius 3 is 2.52 bits per heavy atom. The van der Waals surface area contributed by atoms with Crippen LogP contribution >= 0.6 is 0 Å². The van der Waals surface area contributed by atoms with E-state index in [1.807, 2.05) is 43.6 Å². The highest BCUT2D eigenvalue weighted by atomic mass is 16.2. The maximum atomic E-state index is 11.2. The number of hydrogen-bond acceptors (Lipinski definition) is 3. The van der Waals surface area contributed by atoms with Crippen LogP contribution in [0.1, 0.15) is 11.3 Å². The van der Waals surface area contributed by atoms with Crippen LogP contribution in [0.4, 0.5) is 16.2 Å². The van der Waals surface area contributed by atoms with E-state index in [2.05, 4.69) is 22.0 Å². The second-order valence-electron chi connectivity index (χ2n) is 4.59. The first-order valence-corrected chi connectivity index (χ1v) is 6.50. The zero-order chi connectivity index (χ0) is 15.2. The summed E-state index contributed by atoms with van der Waals surface area (Å²) in [6.45, 7) is 0.637. The number of aromatic nitrogens is 1. The molecule has 0 fully saturated rings. The van der Waals surface area contributed by atoms with Gasteiger partial charge in [-0.1, -0.05) is 0 Å². The van der Waals surface area contributed by atoms with Crippen LogP contribution in [0.2, 0.25) is 0 Å². The molecule has 1 aromatic heterocycles. The van der Waals surface area contributed by atoms with Gasteiger partial charge < -0.3 is 20.5 Å². The Bertz CT molecular complexity index is 666. The van der Waals surface area contributed by atoms with Crippen LogP contribution in [0, 0.1) is 11.3 Å². The molecule has 0 aliphatic rings. The average Bonchev–Trinajstić information content (AvgIpc) is 2.86. The maximum Gasteiger partial charge on any atom is 0.318 e. The monoisotopic (exact) mass is 283 g/mol. The number of carbonyl (C=O) groups excluding carboxylic acids is 1. The van der Waals surface area contributed by atoms with E-state index in [-0.39, 0.29) is 6.03 Å². The minimum Gasteiger partial charge on any atom is -0.381 e. The fourth-order valence-electron chi connectivity index (χ4n) is 1.91. The number of aryl methyl sites for hydroxylation is 1. The van der Waals surface area contributed by atoms with Crippen molar-refractivity contribution in [2.75, 3.05) is 17.7 Å². The smallest absolute Gasteiger partial charge is 0.318 e. The molecule has 1 heterocycles. The largest absolute Gasteiger partial charge is 0.381 e. The Morgan fingerprint density at radius 2 is 1.95 bits per heavy atom. The summed E-state index contributed by atoms with van der Waals surface area (Å²) in [6.07, 6.45) is 1.92. The standard InChI is InChI=1S/C15H17N5O/c1-17-15(21)19-13-5-3-12(4-6-13)18-9-11-7-14(8-16)20(2)10-11/h3-7,10,18H,9H2,1-2H3,(H2,17,19,21). The van der Waals surface area contributed by atoms with Gasteiger partial charge in [-0.25, -0.2) is 4.79 Å². The van der Waals surface area contributed by atoms with E-state index in [1.165, 1.54) is 0 Å². The molecule has 108 valence electrons. The van der Waals surface area contributed by atoms with E-state index in [0.29, 0.717) is 12.2 Å². The van der Waals surface area contributed by atoms with Gasteiger partial charge in [0.15, 0.2) is 0 Å². The Kier molecular flexibility index (Phi) is 4.46. The summed E-state index contributed by atoms with van der Waals surface area (Å²) < 4.78 is 1.80. The molecule has 0 unspecified atom stereocenters. The molecule has 0 saturated heterocycles. The van der Waals surface area contributed by atoms with Gasteiger partial charge in [-0.3, -0.25) is 0 Å². The zero-order valence-electron chi connectivity index (χ0n) is 12.0. The second-order valence-corrected chi connectivity index (χ2v) is 4.59. The molecular formula is C15H17N5O. The molecule has 0 saturated carbocycles. The number of carbonyl (C=O) groups is 1. The number of nitrogens with zero attached hydrogens (tertiary/aromatic N) is 2. The van der Waals surface area contributed by atoms with E-state index in [4.69, 9.17) is 5.26 Å². The van der Waals surface area contributed by atoms with Crippen LogP contribution in [0.3, 0.4) is 0 Å². The lowest BCUT2D eigenvalue weighted by Crippen LogP contribution is -2.24. The van der Waals surface area contributed by atoms with E-state index in [9.17, 15) is 4.79 Å². The lowest BCUT2D eigenvalue weighted by atomic mass is 10.2. The van der Waals surface area contributed by atoms with Gasteiger partial charge in [0.1, 0.15) is 11.8 Å². The summed E-state index contributed by atoms with van der Waals surface area (Å²) >= 11 is 0. The summed E-state index contributed by atoms with van der Waals surface area (Å²) in [5.74, 6) is 0. The SMILES string of the molecule is CNC(=O)Nc1ccc(NCc2cc(C#N)n(C)c2)cc1. The summed E-state index contributed by atoms with van der Waals surface area (Å²) in [4.78, 5) is 11.2. The normalized spacial score (nSPS) is 9.76. The number of rotatable bonds is 4. The fraction of sp³-hybridized carbons (Fsp3) is 0.200. The van der Waals surface area contributed by atoms with Crippen molar-refractivity contribution in [2.24, 2.45) is 7.05 Å². The highest BCUT2D eigenvalue weighted by Gasteiger charge is 2.02. The number of nitriles is 1. The lowest BCUT2D eigenvalue weighted by Gasteiger charge is -2.07. The topological polar surface area (TPSA) is 81.9 Å². The van der Waals surface area contributed by atoms with Gasteiger partial charge in [-0.2, -0.15) is 5.26 Å². The maximum absolute atomic E-state index is 11.2. The molecule has 2 amide bonds. The molecule has 0 spiro atoms. The highest BCUT2D eigenvalue weighted by molar-refractivity contribution is 5.89. The Labute approximate surface area is 123 Å². The first-order valence-electron chi connectivity index (χ1n) is 6.50. The number of benzene rings is 1. The Hall–Kier alpha value is -2.94. The fourth-order valence-corrected chi connectivity index (χ4v) is 1.91. The third-order valence-electron chi connectivity index (χ3n) is 3.04. The number of anilines is 2. The zero-order valence-corrected chi connectivity index (χ0v) is 12.0. The quantitative estimate of drug-likeness (QED) is 0.805. The molecule has 1 aromatic carbocycles. The number of nitrogens with one attached hydrogen (secondary N) is 3. The average molecular weight is 283 g/mol. The van der Waals surface area contributed by atoms with E-state index in [1.54, 1.807) is 11.6 Å². The molecule has 6 heteroatoms. The number of hydrogen-bond donors (Lipinski definition) is 3. The molecule has 0 radical (unpaired) electrons. The van der Waals surface area contributed by atoms with Crippen molar-refractivity contribution in [1.82, 2.24) is 9.88 Å². The third-order valence-corrected chi connectivity index (χ3v) is 3.04. The van der Waals surface area contributed by atoms with Crippen LogP contribution in [-0.2, 0) is 13.6 Å². The van der Waals surface area contributed by atoms with Gasteiger partial charge in [-0.15, -0.1) is 0 Å². The van der Waals surface area contributed by atoms with E-state index >= 15 is 0 Å². The van der Waals surface area contributed by atoms with Crippen LogP contribution in [-0.4, -0.2) is 17.6 Å². The van der Waals surface area contributed by atoms with Crippen molar-refractivity contribution in [3.05, 3.63) is 47.8 Å². The molecule has 0 bridgehead atoms. The summed E-state index contributed by atoms with van der Waals surface area (Å²) in [5.41, 5.74) is 3.35. The van der Waals surface area contributed by atoms with Crippen molar-refractivity contribution in [2.45, 2.75) is 6.54 Å². The first-order chi connectivity index (χ1) is 10.1. The lowest BCUT2D eigenvalue weighted by molar-refractivity contribution is 0.254. The molecule has 0 aliphatic heterocycles. The highest BCUT2D eigenvalue weighted by Crippen LogP contribution is 2.15. The van der Waals surface area contributed by atoms with Crippen molar-refractivity contribution in [3.8, 4) is 6.07 Å². The van der Waals surface area contributed by atoms with Crippen LogP contribution < -0.4 is 16.0 Å². The van der Waals surface area contributed by atoms with Gasteiger partial charge in [0.25, 0.3) is 0 Å². The predicted octanol–water partition coefficient (Wildman–Crippen LogP) is 2.26. The van der Waals surface area contributed by atoms with Crippen LogP contribution in [0.5, 0.6) is 0 Å². The molecule has 3 N–H and O–H groups in total. The molecular weight excluding hydrogens is 266 g/mol. The number of urea groups is 1. The second kappa shape index (κ2) is 6.48. The molecule has 2 aromatic rings. The third kappa shape index (κ3) is 3.76. The minimum atomic E-state index is -0.246. The van der Waals surface area contributed by atoms with Gasteiger partial charge >= 0.3 is 6.03 Å². The summed E-state index contributed by atoms with van der Waals surface area (Å²) in [5, 5.41) is 17.4. The van der Waals surface area contributed by atoms with Gasteiger partial charge in [0.05, 0.1) is 0 Å². The van der Waals surface area contributed by atoms with E-state index in [0.717, 1.165) is 16.9 Å². The van der Waals surface area contributed by atoms with Gasteiger partial charge in [0.2, 0.25) is 0 Å². The molecule has 2 rings (SSSR count). The molecule has 0 aliphatic carbocycles. The number of amides is 2. The molecule has 0 atom stereocenters. The van der Waals surface area contributed by atoms with Crippen molar-refractivity contribution in [1.29, 1.82) is 5.26 Å². The van der Waals surface area contributed by atoms with Gasteiger partial charge in [0, 0.05) is 38.2 Å². The summed E-state index contributed by atoms with van der Waals surface area (Å²) in [6, 6.07) is 11.2. The van der Waals surface area contributed by atoms with Crippen molar-refractivity contribution in [3.63, 3.8) is 0 Å². The van der Waals surface area contributed by atoms with Crippen molar-refractivity contribution < 1.29 is 4.79 Å². The van der Waals surface area contributed by atoms with Crippen LogP contribution in [0.25, 0.3) is 0 Å². The Balaban J connectivity index is 1.94. The minimum absolute atomic E-state index is 0.246. The Morgan fingerprint density at radius 1 is 1.29 bits per heavy atom. The van der Waals surface area contributed by atoms with E-state index < -0.39 is 0 Å². The van der Waals surface area contributed by atoms with Gasteiger partial charge in [-0.05, 0) is 35.9 Å². The summed E-state index contributed by atoms with van der Waals surface area (Å²) in [7, 11) is 3.42.